The smallest absolute Gasteiger partial charge is 0.0151 e. The predicted molar refractivity (Wildman–Crippen MR) is 79.0 cm³/mol. The van der Waals surface area contributed by atoms with Crippen molar-refractivity contribution in [1.82, 2.24) is 0 Å². The van der Waals surface area contributed by atoms with E-state index in [2.05, 4.69) is 47.1 Å². The molecule has 1 aromatic carbocycles. The van der Waals surface area contributed by atoms with Crippen LogP contribution < -0.4 is 0 Å². The first-order valence-corrected chi connectivity index (χ1v) is 7.94. The molecule has 0 aliphatic heterocycles. The Morgan fingerprint density at radius 3 is 2.88 bits per heavy atom. The van der Waals surface area contributed by atoms with E-state index in [1.807, 2.05) is 0 Å². The van der Waals surface area contributed by atoms with Crippen LogP contribution in [0, 0.1) is 0 Å². The third kappa shape index (κ3) is 3.84. The SMILES string of the molecule is CCCc1cccc(C2CCCCC(Br)C2)c1. The van der Waals surface area contributed by atoms with E-state index in [4.69, 9.17) is 0 Å². The minimum absolute atomic E-state index is 0.727. The molecule has 0 bridgehead atoms. The molecule has 1 saturated carbocycles. The molecule has 17 heavy (non-hydrogen) atoms. The molecule has 0 nitrogen and oxygen atoms in total. The van der Waals surface area contributed by atoms with Gasteiger partial charge in [-0.3, -0.25) is 0 Å². The van der Waals surface area contributed by atoms with Crippen molar-refractivity contribution in [3.05, 3.63) is 35.4 Å². The van der Waals surface area contributed by atoms with Crippen molar-refractivity contribution < 1.29 is 0 Å². The maximum absolute atomic E-state index is 3.83. The van der Waals surface area contributed by atoms with Gasteiger partial charge in [0, 0.05) is 4.83 Å². The quantitative estimate of drug-likeness (QED) is 0.514. The number of hydrogen-bond acceptors (Lipinski definition) is 0. The van der Waals surface area contributed by atoms with Crippen molar-refractivity contribution in [2.45, 2.75) is 62.6 Å². The number of rotatable bonds is 3. The van der Waals surface area contributed by atoms with Crippen molar-refractivity contribution in [2.24, 2.45) is 0 Å². The Morgan fingerprint density at radius 2 is 2.06 bits per heavy atom. The number of alkyl halides is 1. The molecule has 1 aliphatic rings. The molecule has 0 heterocycles. The highest BCUT2D eigenvalue weighted by Crippen LogP contribution is 2.34. The summed E-state index contributed by atoms with van der Waals surface area (Å²) in [5.74, 6) is 0.777. The summed E-state index contributed by atoms with van der Waals surface area (Å²) in [7, 11) is 0. The molecule has 1 aromatic rings. The van der Waals surface area contributed by atoms with Gasteiger partial charge in [-0.1, -0.05) is 66.4 Å². The topological polar surface area (TPSA) is 0 Å². The first-order valence-electron chi connectivity index (χ1n) is 7.02. The fraction of sp³-hybridized carbons (Fsp3) is 0.625. The Hall–Kier alpha value is -0.300. The van der Waals surface area contributed by atoms with Gasteiger partial charge in [-0.15, -0.1) is 0 Å². The van der Waals surface area contributed by atoms with Crippen LogP contribution in [0.3, 0.4) is 0 Å². The van der Waals surface area contributed by atoms with Gasteiger partial charge in [0.05, 0.1) is 0 Å². The molecule has 0 spiro atoms. The maximum Gasteiger partial charge on any atom is 0.0151 e. The number of benzene rings is 1. The molecule has 1 heteroatoms. The van der Waals surface area contributed by atoms with E-state index >= 15 is 0 Å². The van der Waals surface area contributed by atoms with Crippen molar-refractivity contribution in [3.63, 3.8) is 0 Å². The summed E-state index contributed by atoms with van der Waals surface area (Å²) < 4.78 is 0. The van der Waals surface area contributed by atoms with E-state index < -0.39 is 0 Å². The zero-order chi connectivity index (χ0) is 12.1. The number of halogens is 1. The van der Waals surface area contributed by atoms with Crippen LogP contribution in [0.25, 0.3) is 0 Å². The van der Waals surface area contributed by atoms with Gasteiger partial charge in [-0.2, -0.15) is 0 Å². The molecule has 0 radical (unpaired) electrons. The molecular formula is C16H23Br. The summed E-state index contributed by atoms with van der Waals surface area (Å²) in [6.07, 6.45) is 9.29. The third-order valence-corrected chi connectivity index (χ3v) is 4.65. The Labute approximate surface area is 114 Å². The summed E-state index contributed by atoms with van der Waals surface area (Å²) in [4.78, 5) is 0.727. The Bertz CT molecular complexity index is 345. The highest BCUT2D eigenvalue weighted by molar-refractivity contribution is 9.09. The lowest BCUT2D eigenvalue weighted by Crippen LogP contribution is -2.04. The average Bonchev–Trinajstić information content (AvgIpc) is 2.55. The lowest BCUT2D eigenvalue weighted by atomic mass is 9.90. The van der Waals surface area contributed by atoms with Crippen LogP contribution in [0.15, 0.2) is 24.3 Å². The second-order valence-electron chi connectivity index (χ2n) is 5.31. The fourth-order valence-corrected chi connectivity index (χ4v) is 3.67. The average molecular weight is 295 g/mol. The van der Waals surface area contributed by atoms with Crippen molar-refractivity contribution >= 4 is 15.9 Å². The zero-order valence-electron chi connectivity index (χ0n) is 10.8. The summed E-state index contributed by atoms with van der Waals surface area (Å²) in [5.41, 5.74) is 3.09. The van der Waals surface area contributed by atoms with Crippen LogP contribution >= 0.6 is 15.9 Å². The van der Waals surface area contributed by atoms with E-state index in [-0.39, 0.29) is 0 Å². The summed E-state index contributed by atoms with van der Waals surface area (Å²) in [6, 6.07) is 9.29. The van der Waals surface area contributed by atoms with Gasteiger partial charge < -0.3 is 0 Å². The highest BCUT2D eigenvalue weighted by Gasteiger charge is 2.19. The maximum atomic E-state index is 3.83. The standard InChI is InChI=1S/C16H23Br/c1-2-6-13-7-5-9-14(11-13)15-8-3-4-10-16(17)12-15/h5,7,9,11,15-16H,2-4,6,8,10,12H2,1H3. The van der Waals surface area contributed by atoms with Gasteiger partial charge in [-0.05, 0) is 42.7 Å². The van der Waals surface area contributed by atoms with Gasteiger partial charge in [0.15, 0.2) is 0 Å². The zero-order valence-corrected chi connectivity index (χ0v) is 12.4. The summed E-state index contributed by atoms with van der Waals surface area (Å²) >= 11 is 3.83. The van der Waals surface area contributed by atoms with Gasteiger partial charge in [0.2, 0.25) is 0 Å². The van der Waals surface area contributed by atoms with Crippen molar-refractivity contribution in [3.8, 4) is 0 Å². The van der Waals surface area contributed by atoms with Crippen LogP contribution in [-0.2, 0) is 6.42 Å². The monoisotopic (exact) mass is 294 g/mol. The van der Waals surface area contributed by atoms with E-state index in [1.165, 1.54) is 50.5 Å². The minimum atomic E-state index is 0.727. The third-order valence-electron chi connectivity index (χ3n) is 3.82. The second kappa shape index (κ2) is 6.58. The fourth-order valence-electron chi connectivity index (χ4n) is 2.89. The second-order valence-corrected chi connectivity index (χ2v) is 6.60. The minimum Gasteiger partial charge on any atom is -0.0890 e. The molecular weight excluding hydrogens is 272 g/mol. The molecule has 1 aliphatic carbocycles. The largest absolute Gasteiger partial charge is 0.0890 e. The first kappa shape index (κ1) is 13.1. The molecule has 2 atom stereocenters. The Morgan fingerprint density at radius 1 is 1.24 bits per heavy atom. The van der Waals surface area contributed by atoms with Crippen LogP contribution in [0.2, 0.25) is 0 Å². The summed E-state index contributed by atoms with van der Waals surface area (Å²) in [6.45, 7) is 2.26. The van der Waals surface area contributed by atoms with Crippen LogP contribution in [0.1, 0.15) is 62.5 Å². The lowest BCUT2D eigenvalue weighted by Gasteiger charge is -2.17. The molecule has 0 N–H and O–H groups in total. The number of hydrogen-bond donors (Lipinski definition) is 0. The lowest BCUT2D eigenvalue weighted by molar-refractivity contribution is 0.599. The molecule has 0 amide bonds. The molecule has 94 valence electrons. The molecule has 0 saturated heterocycles. The van der Waals surface area contributed by atoms with E-state index in [0.29, 0.717) is 0 Å². The molecule has 1 fully saturated rings. The Balaban J connectivity index is 2.11. The van der Waals surface area contributed by atoms with E-state index in [1.54, 1.807) is 5.56 Å². The molecule has 2 rings (SSSR count). The van der Waals surface area contributed by atoms with Crippen LogP contribution in [0.5, 0.6) is 0 Å². The Kier molecular flexibility index (Phi) is 5.09. The van der Waals surface area contributed by atoms with Crippen molar-refractivity contribution in [2.75, 3.05) is 0 Å². The number of aryl methyl sites for hydroxylation is 1. The van der Waals surface area contributed by atoms with Gasteiger partial charge in [0.1, 0.15) is 0 Å². The molecule has 2 unspecified atom stereocenters. The molecule has 0 aromatic heterocycles. The van der Waals surface area contributed by atoms with Gasteiger partial charge in [-0.25, -0.2) is 0 Å². The van der Waals surface area contributed by atoms with Gasteiger partial charge >= 0.3 is 0 Å². The van der Waals surface area contributed by atoms with E-state index in [9.17, 15) is 0 Å². The normalized spacial score (nSPS) is 25.5. The van der Waals surface area contributed by atoms with Gasteiger partial charge in [0.25, 0.3) is 0 Å². The van der Waals surface area contributed by atoms with Crippen molar-refractivity contribution in [1.29, 1.82) is 0 Å². The highest BCUT2D eigenvalue weighted by atomic mass is 79.9. The first-order chi connectivity index (χ1) is 8.29. The van der Waals surface area contributed by atoms with E-state index in [0.717, 1.165) is 10.7 Å². The summed E-state index contributed by atoms with van der Waals surface area (Å²) in [5, 5.41) is 0. The van der Waals surface area contributed by atoms with Crippen LogP contribution in [0.4, 0.5) is 0 Å². The predicted octanol–water partition coefficient (Wildman–Crippen LogP) is 5.45. The van der Waals surface area contributed by atoms with Crippen LogP contribution in [-0.4, -0.2) is 4.83 Å².